The number of benzene rings is 2. The van der Waals surface area contributed by atoms with Gasteiger partial charge in [0.1, 0.15) is 0 Å². The monoisotopic (exact) mass is 329 g/mol. The fraction of sp³-hybridized carbons (Fsp3) is 0.222. The molecule has 112 valence electrons. The normalized spacial score (nSPS) is 15.4. The Labute approximate surface area is 138 Å². The SMILES string of the molecule is Clc1ccc(-c2sc3ccccc3c2N2CCOCC2)cc1. The predicted octanol–water partition coefficient (Wildman–Crippen LogP) is 5.06. The molecule has 4 rings (SSSR count). The van der Waals surface area contributed by atoms with E-state index in [9.17, 15) is 0 Å². The number of hydrogen-bond acceptors (Lipinski definition) is 3. The molecule has 2 heterocycles. The van der Waals surface area contributed by atoms with Crippen LogP contribution in [0.2, 0.25) is 5.02 Å². The largest absolute Gasteiger partial charge is 0.378 e. The summed E-state index contributed by atoms with van der Waals surface area (Å²) in [5.74, 6) is 0. The summed E-state index contributed by atoms with van der Waals surface area (Å²) in [6, 6.07) is 16.8. The van der Waals surface area contributed by atoms with E-state index >= 15 is 0 Å². The lowest BCUT2D eigenvalue weighted by atomic mass is 10.1. The highest BCUT2D eigenvalue weighted by atomic mass is 35.5. The first-order valence-electron chi connectivity index (χ1n) is 7.43. The lowest BCUT2D eigenvalue weighted by molar-refractivity contribution is 0.123. The molecule has 1 fully saturated rings. The third-order valence-electron chi connectivity index (χ3n) is 4.00. The van der Waals surface area contributed by atoms with Crippen molar-refractivity contribution in [3.8, 4) is 10.4 Å². The molecule has 2 aromatic carbocycles. The number of halogens is 1. The Morgan fingerprint density at radius 2 is 1.68 bits per heavy atom. The fourth-order valence-electron chi connectivity index (χ4n) is 2.93. The van der Waals surface area contributed by atoms with Gasteiger partial charge in [-0.2, -0.15) is 0 Å². The zero-order valence-corrected chi connectivity index (χ0v) is 13.7. The van der Waals surface area contributed by atoms with Crippen LogP contribution in [0.5, 0.6) is 0 Å². The Kier molecular flexibility index (Phi) is 3.78. The van der Waals surface area contributed by atoms with Gasteiger partial charge in [0.25, 0.3) is 0 Å². The first kappa shape index (κ1) is 14.1. The van der Waals surface area contributed by atoms with Crippen molar-refractivity contribution in [2.45, 2.75) is 0 Å². The van der Waals surface area contributed by atoms with Crippen molar-refractivity contribution in [3.63, 3.8) is 0 Å². The summed E-state index contributed by atoms with van der Waals surface area (Å²) in [5, 5.41) is 2.11. The minimum atomic E-state index is 0.776. The molecule has 0 atom stereocenters. The first-order valence-corrected chi connectivity index (χ1v) is 8.62. The van der Waals surface area contributed by atoms with Crippen LogP contribution in [0.15, 0.2) is 48.5 Å². The summed E-state index contributed by atoms with van der Waals surface area (Å²) in [5.41, 5.74) is 2.57. The lowest BCUT2D eigenvalue weighted by Gasteiger charge is -2.29. The molecule has 2 nitrogen and oxygen atoms in total. The molecular weight excluding hydrogens is 314 g/mol. The maximum atomic E-state index is 6.04. The quantitative estimate of drug-likeness (QED) is 0.651. The number of fused-ring (bicyclic) bond motifs is 1. The van der Waals surface area contributed by atoms with Crippen LogP contribution in [0.3, 0.4) is 0 Å². The maximum Gasteiger partial charge on any atom is 0.0642 e. The van der Waals surface area contributed by atoms with Gasteiger partial charge in [-0.1, -0.05) is 41.9 Å². The van der Waals surface area contributed by atoms with Gasteiger partial charge < -0.3 is 9.64 Å². The summed E-state index contributed by atoms with van der Waals surface area (Å²) in [6.07, 6.45) is 0. The molecular formula is C18H16ClNOS. The Balaban J connectivity index is 1.90. The minimum Gasteiger partial charge on any atom is -0.378 e. The third-order valence-corrected chi connectivity index (χ3v) is 5.46. The molecule has 0 unspecified atom stereocenters. The van der Waals surface area contributed by atoms with E-state index in [2.05, 4.69) is 41.3 Å². The van der Waals surface area contributed by atoms with Crippen LogP contribution in [0.25, 0.3) is 20.5 Å². The fourth-order valence-corrected chi connectivity index (χ4v) is 4.29. The molecule has 22 heavy (non-hydrogen) atoms. The average molecular weight is 330 g/mol. The molecule has 4 heteroatoms. The van der Waals surface area contributed by atoms with Crippen molar-refractivity contribution >= 4 is 38.7 Å². The van der Waals surface area contributed by atoms with E-state index in [0.717, 1.165) is 31.3 Å². The van der Waals surface area contributed by atoms with Crippen molar-refractivity contribution < 1.29 is 4.74 Å². The van der Waals surface area contributed by atoms with E-state index in [4.69, 9.17) is 16.3 Å². The van der Waals surface area contributed by atoms with Crippen LogP contribution in [0, 0.1) is 0 Å². The highest BCUT2D eigenvalue weighted by molar-refractivity contribution is 7.23. The highest BCUT2D eigenvalue weighted by Gasteiger charge is 2.21. The maximum absolute atomic E-state index is 6.04. The second-order valence-electron chi connectivity index (χ2n) is 5.38. The molecule has 1 aliphatic rings. The Bertz CT molecular complexity index is 790. The van der Waals surface area contributed by atoms with Crippen LogP contribution < -0.4 is 4.90 Å². The number of ether oxygens (including phenoxy) is 1. The van der Waals surface area contributed by atoms with Crippen LogP contribution in [-0.4, -0.2) is 26.3 Å². The number of rotatable bonds is 2. The van der Waals surface area contributed by atoms with E-state index in [-0.39, 0.29) is 0 Å². The summed E-state index contributed by atoms with van der Waals surface area (Å²) >= 11 is 7.89. The summed E-state index contributed by atoms with van der Waals surface area (Å²) in [6.45, 7) is 3.48. The standard InChI is InChI=1S/C18H16ClNOS/c19-14-7-5-13(6-8-14)18-17(20-9-11-21-12-10-20)15-3-1-2-4-16(15)22-18/h1-8H,9-12H2. The van der Waals surface area contributed by atoms with Gasteiger partial charge in [-0.3, -0.25) is 0 Å². The Morgan fingerprint density at radius 1 is 0.955 bits per heavy atom. The van der Waals surface area contributed by atoms with Crippen LogP contribution in [0.1, 0.15) is 0 Å². The molecule has 0 radical (unpaired) electrons. The number of morpholine rings is 1. The summed E-state index contributed by atoms with van der Waals surface area (Å²) in [4.78, 5) is 3.77. The van der Waals surface area contributed by atoms with Gasteiger partial charge in [-0.05, 0) is 23.8 Å². The second kappa shape index (κ2) is 5.92. The highest BCUT2D eigenvalue weighted by Crippen LogP contribution is 2.45. The van der Waals surface area contributed by atoms with Crippen molar-refractivity contribution in [3.05, 3.63) is 53.6 Å². The van der Waals surface area contributed by atoms with Gasteiger partial charge in [0.2, 0.25) is 0 Å². The van der Waals surface area contributed by atoms with E-state index < -0.39 is 0 Å². The minimum absolute atomic E-state index is 0.776. The molecule has 0 aliphatic carbocycles. The van der Waals surface area contributed by atoms with E-state index in [0.29, 0.717) is 0 Å². The van der Waals surface area contributed by atoms with Gasteiger partial charge >= 0.3 is 0 Å². The summed E-state index contributed by atoms with van der Waals surface area (Å²) < 4.78 is 6.84. The molecule has 0 bridgehead atoms. The molecule has 1 saturated heterocycles. The molecule has 1 aromatic heterocycles. The van der Waals surface area contributed by atoms with Crippen molar-refractivity contribution in [2.24, 2.45) is 0 Å². The van der Waals surface area contributed by atoms with Crippen molar-refractivity contribution in [1.82, 2.24) is 0 Å². The average Bonchev–Trinajstić information content (AvgIpc) is 2.96. The molecule has 0 spiro atoms. The van der Waals surface area contributed by atoms with E-state index in [1.54, 1.807) is 0 Å². The van der Waals surface area contributed by atoms with Gasteiger partial charge in [-0.15, -0.1) is 11.3 Å². The number of anilines is 1. The molecule has 0 N–H and O–H groups in total. The van der Waals surface area contributed by atoms with Gasteiger partial charge in [0.15, 0.2) is 0 Å². The Hall–Kier alpha value is -1.55. The van der Waals surface area contributed by atoms with Gasteiger partial charge in [0, 0.05) is 28.2 Å². The smallest absolute Gasteiger partial charge is 0.0642 e. The number of thiophene rings is 1. The molecule has 0 amide bonds. The van der Waals surface area contributed by atoms with Crippen LogP contribution in [-0.2, 0) is 4.74 Å². The molecule has 1 aliphatic heterocycles. The van der Waals surface area contributed by atoms with Gasteiger partial charge in [-0.25, -0.2) is 0 Å². The topological polar surface area (TPSA) is 12.5 Å². The molecule has 3 aromatic rings. The van der Waals surface area contributed by atoms with E-state index in [1.807, 2.05) is 23.5 Å². The zero-order valence-electron chi connectivity index (χ0n) is 12.1. The van der Waals surface area contributed by atoms with Crippen LogP contribution >= 0.6 is 22.9 Å². The van der Waals surface area contributed by atoms with Gasteiger partial charge in [0.05, 0.1) is 23.8 Å². The van der Waals surface area contributed by atoms with E-state index in [1.165, 1.54) is 26.2 Å². The predicted molar refractivity (Wildman–Crippen MR) is 95.3 cm³/mol. The number of nitrogens with zero attached hydrogens (tertiary/aromatic N) is 1. The third kappa shape index (κ3) is 2.50. The second-order valence-corrected chi connectivity index (χ2v) is 6.87. The van der Waals surface area contributed by atoms with Crippen molar-refractivity contribution in [2.75, 3.05) is 31.2 Å². The Morgan fingerprint density at radius 3 is 2.45 bits per heavy atom. The number of hydrogen-bond donors (Lipinski definition) is 0. The van der Waals surface area contributed by atoms with Crippen molar-refractivity contribution in [1.29, 1.82) is 0 Å². The summed E-state index contributed by atoms with van der Waals surface area (Å²) in [7, 11) is 0. The lowest BCUT2D eigenvalue weighted by Crippen LogP contribution is -2.36. The molecule has 0 saturated carbocycles. The zero-order chi connectivity index (χ0) is 14.9. The van der Waals surface area contributed by atoms with Crippen LogP contribution in [0.4, 0.5) is 5.69 Å². The first-order chi connectivity index (χ1) is 10.8.